The standard InChI is InChI=1S/C20H15BrN6O/c21-13-7-5-12(6-8-13)20(28)24-9-10-27-18(23)14(11-22)17-19(27)26-16-4-2-1-3-15(16)25-17/h1-8H,9-10,23H2,(H,24,28). The van der Waals surface area contributed by atoms with Crippen molar-refractivity contribution in [3.8, 4) is 6.07 Å². The number of nitrogen functional groups attached to an aromatic ring is 1. The van der Waals surface area contributed by atoms with Crippen LogP contribution in [0.2, 0.25) is 0 Å². The van der Waals surface area contributed by atoms with Crippen LogP contribution >= 0.6 is 15.9 Å². The summed E-state index contributed by atoms with van der Waals surface area (Å²) < 4.78 is 2.63. The lowest BCUT2D eigenvalue weighted by Crippen LogP contribution is -2.27. The highest BCUT2D eigenvalue weighted by Gasteiger charge is 2.18. The van der Waals surface area contributed by atoms with Crippen LogP contribution in [0, 0.1) is 11.3 Å². The third kappa shape index (κ3) is 3.17. The maximum absolute atomic E-state index is 12.3. The molecule has 138 valence electrons. The summed E-state index contributed by atoms with van der Waals surface area (Å²) in [7, 11) is 0. The van der Waals surface area contributed by atoms with Gasteiger partial charge in [-0.25, -0.2) is 9.97 Å². The second-order valence-corrected chi connectivity index (χ2v) is 7.09. The molecule has 2 heterocycles. The molecule has 3 N–H and O–H groups in total. The van der Waals surface area contributed by atoms with E-state index in [2.05, 4.69) is 37.3 Å². The quantitative estimate of drug-likeness (QED) is 0.512. The smallest absolute Gasteiger partial charge is 0.251 e. The predicted molar refractivity (Wildman–Crippen MR) is 111 cm³/mol. The fourth-order valence-electron chi connectivity index (χ4n) is 3.04. The first-order chi connectivity index (χ1) is 13.6. The zero-order valence-electron chi connectivity index (χ0n) is 14.7. The molecule has 0 fully saturated rings. The van der Waals surface area contributed by atoms with Crippen molar-refractivity contribution in [2.45, 2.75) is 6.54 Å². The highest BCUT2D eigenvalue weighted by Crippen LogP contribution is 2.26. The van der Waals surface area contributed by atoms with Gasteiger partial charge in [-0.05, 0) is 36.4 Å². The molecule has 0 bridgehead atoms. The van der Waals surface area contributed by atoms with Crippen LogP contribution in [0.15, 0.2) is 53.0 Å². The van der Waals surface area contributed by atoms with Gasteiger partial charge in [0.05, 0.1) is 11.0 Å². The van der Waals surface area contributed by atoms with E-state index < -0.39 is 0 Å². The van der Waals surface area contributed by atoms with Crippen LogP contribution in [0.1, 0.15) is 15.9 Å². The number of rotatable bonds is 4. The number of aromatic nitrogens is 3. The van der Waals surface area contributed by atoms with E-state index in [4.69, 9.17) is 5.73 Å². The zero-order chi connectivity index (χ0) is 19.7. The van der Waals surface area contributed by atoms with Crippen molar-refractivity contribution in [2.24, 2.45) is 0 Å². The second-order valence-electron chi connectivity index (χ2n) is 6.17. The number of carbonyl (C=O) groups is 1. The van der Waals surface area contributed by atoms with Crippen molar-refractivity contribution in [1.29, 1.82) is 5.26 Å². The third-order valence-electron chi connectivity index (χ3n) is 4.43. The molecule has 0 aliphatic carbocycles. The SMILES string of the molecule is N#Cc1c(N)n(CCNC(=O)c2ccc(Br)cc2)c2nc3ccccc3nc12. The van der Waals surface area contributed by atoms with Gasteiger partial charge >= 0.3 is 0 Å². The van der Waals surface area contributed by atoms with Crippen LogP contribution in [-0.4, -0.2) is 27.0 Å². The Morgan fingerprint density at radius 1 is 1.14 bits per heavy atom. The summed E-state index contributed by atoms with van der Waals surface area (Å²) in [5.74, 6) is 0.116. The number of anilines is 1. The number of benzene rings is 2. The van der Waals surface area contributed by atoms with E-state index in [0.29, 0.717) is 46.7 Å². The summed E-state index contributed by atoms with van der Waals surface area (Å²) in [5.41, 5.74) is 9.47. The van der Waals surface area contributed by atoms with Crippen LogP contribution in [0.25, 0.3) is 22.2 Å². The number of nitrogens with one attached hydrogen (secondary N) is 1. The van der Waals surface area contributed by atoms with Gasteiger partial charge in [0, 0.05) is 23.1 Å². The van der Waals surface area contributed by atoms with Gasteiger partial charge in [-0.1, -0.05) is 28.1 Å². The van der Waals surface area contributed by atoms with Crippen molar-refractivity contribution in [3.63, 3.8) is 0 Å². The number of halogens is 1. The van der Waals surface area contributed by atoms with Gasteiger partial charge in [0.25, 0.3) is 5.91 Å². The normalized spacial score (nSPS) is 10.9. The van der Waals surface area contributed by atoms with Crippen molar-refractivity contribution in [1.82, 2.24) is 19.9 Å². The van der Waals surface area contributed by atoms with Gasteiger partial charge in [-0.3, -0.25) is 4.79 Å². The molecule has 2 aromatic carbocycles. The second kappa shape index (κ2) is 7.29. The van der Waals surface area contributed by atoms with E-state index in [9.17, 15) is 10.1 Å². The molecule has 0 aliphatic rings. The Morgan fingerprint density at radius 3 is 2.50 bits per heavy atom. The highest BCUT2D eigenvalue weighted by molar-refractivity contribution is 9.10. The lowest BCUT2D eigenvalue weighted by Gasteiger charge is -2.09. The molecule has 28 heavy (non-hydrogen) atoms. The molecule has 2 aromatic heterocycles. The van der Waals surface area contributed by atoms with E-state index >= 15 is 0 Å². The highest BCUT2D eigenvalue weighted by atomic mass is 79.9. The molecule has 8 heteroatoms. The van der Waals surface area contributed by atoms with Crippen LogP contribution < -0.4 is 11.1 Å². The molecular weight excluding hydrogens is 420 g/mol. The number of hydrogen-bond acceptors (Lipinski definition) is 5. The first-order valence-electron chi connectivity index (χ1n) is 8.57. The van der Waals surface area contributed by atoms with Gasteiger partial charge in [0.15, 0.2) is 5.65 Å². The number of nitriles is 1. The molecule has 0 atom stereocenters. The van der Waals surface area contributed by atoms with Crippen LogP contribution in [0.4, 0.5) is 5.82 Å². The number of para-hydroxylation sites is 2. The number of hydrogen-bond donors (Lipinski definition) is 2. The average molecular weight is 435 g/mol. The van der Waals surface area contributed by atoms with Crippen LogP contribution in [0.5, 0.6) is 0 Å². The molecule has 1 amide bonds. The molecule has 0 radical (unpaired) electrons. The Hall–Kier alpha value is -3.44. The van der Waals surface area contributed by atoms with E-state index in [1.807, 2.05) is 36.4 Å². The minimum Gasteiger partial charge on any atom is -0.384 e. The molecule has 0 saturated carbocycles. The Morgan fingerprint density at radius 2 is 1.82 bits per heavy atom. The number of nitrogens with zero attached hydrogens (tertiary/aromatic N) is 4. The predicted octanol–water partition coefficient (Wildman–Crippen LogP) is 3.23. The Balaban J connectivity index is 1.62. The molecule has 0 saturated heterocycles. The van der Waals surface area contributed by atoms with Gasteiger partial charge in [-0.15, -0.1) is 0 Å². The van der Waals surface area contributed by atoms with E-state index in [1.54, 1.807) is 16.7 Å². The first-order valence-corrected chi connectivity index (χ1v) is 9.36. The van der Waals surface area contributed by atoms with Gasteiger partial charge in [-0.2, -0.15) is 5.26 Å². The molecule has 7 nitrogen and oxygen atoms in total. The fourth-order valence-corrected chi connectivity index (χ4v) is 3.30. The van der Waals surface area contributed by atoms with E-state index in [0.717, 1.165) is 9.99 Å². The summed E-state index contributed by atoms with van der Waals surface area (Å²) in [6.45, 7) is 0.710. The molecule has 0 unspecified atom stereocenters. The van der Waals surface area contributed by atoms with E-state index in [1.165, 1.54) is 0 Å². The number of carbonyl (C=O) groups excluding carboxylic acids is 1. The maximum atomic E-state index is 12.3. The summed E-state index contributed by atoms with van der Waals surface area (Å²) in [5, 5.41) is 12.4. The van der Waals surface area contributed by atoms with Crippen molar-refractivity contribution < 1.29 is 4.79 Å². The average Bonchev–Trinajstić information content (AvgIpc) is 2.96. The van der Waals surface area contributed by atoms with Crippen molar-refractivity contribution in [2.75, 3.05) is 12.3 Å². The van der Waals surface area contributed by atoms with Crippen LogP contribution in [0.3, 0.4) is 0 Å². The minimum atomic E-state index is -0.181. The molecule has 4 aromatic rings. The number of nitrogens with two attached hydrogens (primary N) is 1. The van der Waals surface area contributed by atoms with Gasteiger partial charge < -0.3 is 15.6 Å². The van der Waals surface area contributed by atoms with Gasteiger partial charge in [0.1, 0.15) is 23.0 Å². The summed E-state index contributed by atoms with van der Waals surface area (Å²) >= 11 is 3.35. The topological polar surface area (TPSA) is 110 Å². The zero-order valence-corrected chi connectivity index (χ0v) is 16.3. The lowest BCUT2D eigenvalue weighted by atomic mass is 10.2. The minimum absolute atomic E-state index is 0.181. The summed E-state index contributed by atoms with van der Waals surface area (Å²) in [6.07, 6.45) is 0. The lowest BCUT2D eigenvalue weighted by molar-refractivity contribution is 0.0952. The van der Waals surface area contributed by atoms with Crippen molar-refractivity contribution in [3.05, 3.63) is 64.1 Å². The summed E-state index contributed by atoms with van der Waals surface area (Å²) in [4.78, 5) is 21.5. The maximum Gasteiger partial charge on any atom is 0.251 e. The Labute approximate surface area is 168 Å². The molecular formula is C20H15BrN6O. The van der Waals surface area contributed by atoms with Crippen molar-refractivity contribution >= 4 is 49.9 Å². The Bertz CT molecular complexity index is 1240. The first kappa shape index (κ1) is 17.9. The van der Waals surface area contributed by atoms with Crippen LogP contribution in [-0.2, 0) is 6.54 Å². The number of fused-ring (bicyclic) bond motifs is 2. The molecule has 0 aliphatic heterocycles. The monoisotopic (exact) mass is 434 g/mol. The summed E-state index contributed by atoms with van der Waals surface area (Å²) in [6, 6.07) is 16.7. The number of amides is 1. The molecule has 4 rings (SSSR count). The third-order valence-corrected chi connectivity index (χ3v) is 4.96. The van der Waals surface area contributed by atoms with Gasteiger partial charge in [0.2, 0.25) is 0 Å². The molecule has 0 spiro atoms. The largest absolute Gasteiger partial charge is 0.384 e. The fraction of sp³-hybridized carbons (Fsp3) is 0.100. The van der Waals surface area contributed by atoms with E-state index in [-0.39, 0.29) is 5.91 Å². The Kier molecular flexibility index (Phi) is 4.67.